The minimum atomic E-state index is 1.11. The minimum absolute atomic E-state index is 1.11. The molecule has 0 saturated carbocycles. The van der Waals surface area contributed by atoms with Crippen molar-refractivity contribution in [3.63, 3.8) is 0 Å². The van der Waals surface area contributed by atoms with Crippen LogP contribution in [0.1, 0.15) is 64.5 Å². The van der Waals surface area contributed by atoms with Crippen LogP contribution in [0.4, 0.5) is 11.4 Å². The van der Waals surface area contributed by atoms with Gasteiger partial charge in [-0.3, -0.25) is 0 Å². The third kappa shape index (κ3) is 6.52. The lowest BCUT2D eigenvalue weighted by atomic mass is 9.96. The lowest BCUT2D eigenvalue weighted by Crippen LogP contribution is -2.24. The smallest absolute Gasteiger partial charge is 0.0366 e. The molecule has 0 unspecified atom stereocenters. The molecule has 2 heteroatoms. The quantitative estimate of drug-likeness (QED) is 0.318. The van der Waals surface area contributed by atoms with Crippen molar-refractivity contribution in [2.75, 3.05) is 36.0 Å². The Morgan fingerprint density at radius 3 is 1.23 bits per heavy atom. The van der Waals surface area contributed by atoms with Crippen molar-refractivity contribution in [1.82, 2.24) is 0 Å². The Bertz CT molecular complexity index is 698. The van der Waals surface area contributed by atoms with Crippen LogP contribution in [-0.2, 0) is 0 Å². The highest BCUT2D eigenvalue weighted by atomic mass is 15.1. The van der Waals surface area contributed by atoms with Gasteiger partial charge in [0.15, 0.2) is 0 Å². The molecule has 0 aliphatic carbocycles. The van der Waals surface area contributed by atoms with Gasteiger partial charge < -0.3 is 9.80 Å². The van der Waals surface area contributed by atoms with Gasteiger partial charge in [0.1, 0.15) is 0 Å². The second kappa shape index (κ2) is 13.0. The standard InChI is InChI=1S/C28H40N2/c1-6-11-28(24-12-16-26(17-13-24)29(20-7-2)21-8-3)25-14-18-27(19-15-25)30(22-9-4)23-10-5/h6,11-19H,1,7-10,20-23H2,2-5H3. The van der Waals surface area contributed by atoms with Gasteiger partial charge in [-0.25, -0.2) is 0 Å². The molecule has 0 N–H and O–H groups in total. The molecular weight excluding hydrogens is 364 g/mol. The van der Waals surface area contributed by atoms with Crippen molar-refractivity contribution >= 4 is 16.9 Å². The number of rotatable bonds is 13. The Hall–Kier alpha value is -2.48. The van der Waals surface area contributed by atoms with E-state index in [1.807, 2.05) is 6.08 Å². The third-order valence-electron chi connectivity index (χ3n) is 5.35. The van der Waals surface area contributed by atoms with Gasteiger partial charge in [0.2, 0.25) is 0 Å². The summed E-state index contributed by atoms with van der Waals surface area (Å²) in [6.45, 7) is 17.4. The van der Waals surface area contributed by atoms with Crippen LogP contribution in [0.3, 0.4) is 0 Å². The Labute approximate surface area is 184 Å². The van der Waals surface area contributed by atoms with Crippen molar-refractivity contribution < 1.29 is 0 Å². The van der Waals surface area contributed by atoms with E-state index in [9.17, 15) is 0 Å². The predicted octanol–water partition coefficient (Wildman–Crippen LogP) is 7.56. The topological polar surface area (TPSA) is 6.48 Å². The maximum absolute atomic E-state index is 3.95. The number of allylic oxidation sites excluding steroid dienone is 2. The van der Waals surface area contributed by atoms with Crippen molar-refractivity contribution in [3.8, 4) is 0 Å². The molecule has 0 saturated heterocycles. The number of hydrogen-bond acceptors (Lipinski definition) is 2. The van der Waals surface area contributed by atoms with Gasteiger partial charge in [0.25, 0.3) is 0 Å². The lowest BCUT2D eigenvalue weighted by molar-refractivity contribution is 0.745. The number of benzene rings is 2. The molecule has 0 bridgehead atoms. The second-order valence-electron chi connectivity index (χ2n) is 7.88. The highest BCUT2D eigenvalue weighted by Gasteiger charge is 2.09. The summed E-state index contributed by atoms with van der Waals surface area (Å²) in [4.78, 5) is 4.96. The van der Waals surface area contributed by atoms with E-state index in [1.54, 1.807) is 0 Å². The van der Waals surface area contributed by atoms with Crippen molar-refractivity contribution in [2.45, 2.75) is 53.4 Å². The van der Waals surface area contributed by atoms with Crippen LogP contribution in [-0.4, -0.2) is 26.2 Å². The molecule has 0 amide bonds. The normalized spacial score (nSPS) is 10.5. The average molecular weight is 405 g/mol. The highest BCUT2D eigenvalue weighted by molar-refractivity contribution is 5.82. The van der Waals surface area contributed by atoms with E-state index < -0.39 is 0 Å². The maximum Gasteiger partial charge on any atom is 0.0366 e. The van der Waals surface area contributed by atoms with Gasteiger partial charge in [0, 0.05) is 37.6 Å². The molecule has 0 atom stereocenters. The van der Waals surface area contributed by atoms with Crippen LogP contribution in [0, 0.1) is 0 Å². The fraction of sp³-hybridized carbons (Fsp3) is 0.429. The number of nitrogens with zero attached hydrogens (tertiary/aromatic N) is 2. The van der Waals surface area contributed by atoms with E-state index in [1.165, 1.54) is 53.8 Å². The van der Waals surface area contributed by atoms with Crippen LogP contribution in [0.2, 0.25) is 0 Å². The summed E-state index contributed by atoms with van der Waals surface area (Å²) in [5.74, 6) is 0. The van der Waals surface area contributed by atoms with Gasteiger partial charge >= 0.3 is 0 Å². The van der Waals surface area contributed by atoms with E-state index in [2.05, 4.69) is 98.7 Å². The predicted molar refractivity (Wildman–Crippen MR) is 136 cm³/mol. The van der Waals surface area contributed by atoms with Gasteiger partial charge in [-0.2, -0.15) is 0 Å². The molecule has 0 aliphatic heterocycles. The summed E-state index contributed by atoms with van der Waals surface area (Å²) in [6.07, 6.45) is 8.69. The molecule has 0 fully saturated rings. The van der Waals surface area contributed by atoms with E-state index in [-0.39, 0.29) is 0 Å². The first-order valence-corrected chi connectivity index (χ1v) is 11.7. The molecule has 2 aromatic carbocycles. The molecule has 0 aromatic heterocycles. The van der Waals surface area contributed by atoms with Gasteiger partial charge in [0.05, 0.1) is 0 Å². The van der Waals surface area contributed by atoms with E-state index in [0.29, 0.717) is 0 Å². The van der Waals surface area contributed by atoms with E-state index in [0.717, 1.165) is 26.2 Å². The Kier molecular flexibility index (Phi) is 10.3. The zero-order valence-corrected chi connectivity index (χ0v) is 19.5. The van der Waals surface area contributed by atoms with Crippen LogP contribution < -0.4 is 9.80 Å². The molecule has 30 heavy (non-hydrogen) atoms. The van der Waals surface area contributed by atoms with Crippen LogP contribution in [0.15, 0.2) is 67.3 Å². The molecule has 0 radical (unpaired) electrons. The monoisotopic (exact) mass is 404 g/mol. The zero-order chi connectivity index (χ0) is 21.8. The highest BCUT2D eigenvalue weighted by Crippen LogP contribution is 2.28. The fourth-order valence-electron chi connectivity index (χ4n) is 4.00. The van der Waals surface area contributed by atoms with Gasteiger partial charge in [-0.1, -0.05) is 70.7 Å². The minimum Gasteiger partial charge on any atom is -0.372 e. The lowest BCUT2D eigenvalue weighted by Gasteiger charge is -2.24. The summed E-state index contributed by atoms with van der Waals surface area (Å²) >= 11 is 0. The summed E-state index contributed by atoms with van der Waals surface area (Å²) in [5, 5.41) is 0. The maximum atomic E-state index is 3.95. The van der Waals surface area contributed by atoms with Crippen LogP contribution in [0.25, 0.3) is 5.57 Å². The third-order valence-corrected chi connectivity index (χ3v) is 5.35. The molecule has 2 rings (SSSR count). The zero-order valence-electron chi connectivity index (χ0n) is 19.5. The summed E-state index contributed by atoms with van der Waals surface area (Å²) < 4.78 is 0. The number of hydrogen-bond donors (Lipinski definition) is 0. The Morgan fingerprint density at radius 1 is 0.633 bits per heavy atom. The first kappa shape index (κ1) is 23.8. The van der Waals surface area contributed by atoms with Crippen LogP contribution in [0.5, 0.6) is 0 Å². The van der Waals surface area contributed by atoms with Crippen molar-refractivity contribution in [3.05, 3.63) is 78.4 Å². The van der Waals surface area contributed by atoms with E-state index >= 15 is 0 Å². The first-order valence-electron chi connectivity index (χ1n) is 11.7. The van der Waals surface area contributed by atoms with Gasteiger partial charge in [-0.05, 0) is 66.6 Å². The van der Waals surface area contributed by atoms with Crippen molar-refractivity contribution in [1.29, 1.82) is 0 Å². The largest absolute Gasteiger partial charge is 0.372 e. The average Bonchev–Trinajstić information content (AvgIpc) is 2.78. The SMILES string of the molecule is C=CC=C(c1ccc(N(CCC)CCC)cc1)c1ccc(N(CCC)CCC)cc1. The van der Waals surface area contributed by atoms with E-state index in [4.69, 9.17) is 0 Å². The Morgan fingerprint density at radius 2 is 0.967 bits per heavy atom. The van der Waals surface area contributed by atoms with Crippen molar-refractivity contribution in [2.24, 2.45) is 0 Å². The molecule has 0 spiro atoms. The molecule has 2 nitrogen and oxygen atoms in total. The summed E-state index contributed by atoms with van der Waals surface area (Å²) in [7, 11) is 0. The summed E-state index contributed by atoms with van der Waals surface area (Å²) in [6, 6.07) is 18.0. The first-order chi connectivity index (χ1) is 14.7. The van der Waals surface area contributed by atoms with Crippen LogP contribution >= 0.6 is 0 Å². The molecule has 2 aromatic rings. The Balaban J connectivity index is 2.27. The fourth-order valence-corrected chi connectivity index (χ4v) is 4.00. The molecular formula is C28H40N2. The molecule has 0 aliphatic rings. The second-order valence-corrected chi connectivity index (χ2v) is 7.88. The number of anilines is 2. The van der Waals surface area contributed by atoms with Gasteiger partial charge in [-0.15, -0.1) is 0 Å². The molecule has 0 heterocycles. The summed E-state index contributed by atoms with van der Waals surface area (Å²) in [5.41, 5.74) is 6.31. The molecule has 162 valence electrons.